The highest BCUT2D eigenvalue weighted by atomic mass is 79.9. The van der Waals surface area contributed by atoms with Crippen LogP contribution >= 0.6 is 14.5 Å². The van der Waals surface area contributed by atoms with Gasteiger partial charge in [-0.05, 0) is 156 Å². The summed E-state index contributed by atoms with van der Waals surface area (Å²) in [6, 6.07) is 75.3. The van der Waals surface area contributed by atoms with E-state index in [9.17, 15) is 0 Å². The normalized spacial score (nSPS) is 11.4. The molecule has 4 heteroatoms. The molecule has 8 aromatic rings. The Bertz CT molecular complexity index is 2240. The second-order valence-electron chi connectivity index (χ2n) is 17.4. The summed E-state index contributed by atoms with van der Waals surface area (Å²) in [4.78, 5) is 0. The lowest BCUT2D eigenvalue weighted by Gasteiger charge is -2.28. The molecule has 0 aromatic heterocycles. The van der Waals surface area contributed by atoms with Gasteiger partial charge in [0.15, 0.2) is 0 Å². The van der Waals surface area contributed by atoms with E-state index in [-0.39, 0.29) is 34.0 Å². The molecule has 0 aliphatic carbocycles. The van der Waals surface area contributed by atoms with Gasteiger partial charge in [0.25, 0.3) is 0 Å². The Morgan fingerprint density at radius 1 is 0.238 bits per heavy atom. The molecule has 0 fully saturated rings. The Hall–Kier alpha value is -4.42. The maximum atomic E-state index is 2.40. The van der Waals surface area contributed by atoms with Crippen molar-refractivity contribution < 1.29 is 34.0 Å². The highest BCUT2D eigenvalue weighted by Crippen LogP contribution is 2.59. The van der Waals surface area contributed by atoms with E-state index in [4.69, 9.17) is 0 Å². The van der Waals surface area contributed by atoms with Gasteiger partial charge in [0.05, 0.1) is 12.3 Å². The van der Waals surface area contributed by atoms with Gasteiger partial charge in [-0.25, -0.2) is 0 Å². The van der Waals surface area contributed by atoms with Gasteiger partial charge < -0.3 is 34.0 Å². The van der Waals surface area contributed by atoms with Gasteiger partial charge in [-0.2, -0.15) is 0 Å². The summed E-state index contributed by atoms with van der Waals surface area (Å²) >= 11 is 0. The van der Waals surface area contributed by atoms with Crippen LogP contribution in [-0.4, -0.2) is 0 Å². The smallest absolute Gasteiger partial charge is 0.116 e. The molecular formula is C59H60Br2P2. The summed E-state index contributed by atoms with van der Waals surface area (Å²) in [5.41, 5.74) is 13.4. The van der Waals surface area contributed by atoms with Gasteiger partial charge in [-0.1, -0.05) is 155 Å². The molecule has 0 saturated heterocycles. The molecule has 0 nitrogen and oxygen atoms in total. The second kappa shape index (κ2) is 21.5. The van der Waals surface area contributed by atoms with Crippen LogP contribution in [-0.2, 0) is 25.2 Å². The van der Waals surface area contributed by atoms with Gasteiger partial charge in [0.2, 0.25) is 0 Å². The summed E-state index contributed by atoms with van der Waals surface area (Å²) in [7, 11) is -3.97. The first-order valence-electron chi connectivity index (χ1n) is 22.0. The number of rotatable bonds is 14. The van der Waals surface area contributed by atoms with E-state index in [0.29, 0.717) is 0 Å². The van der Waals surface area contributed by atoms with Crippen LogP contribution in [0.5, 0.6) is 0 Å². The van der Waals surface area contributed by atoms with Gasteiger partial charge in [-0.15, -0.1) is 0 Å². The Morgan fingerprint density at radius 3 is 0.603 bits per heavy atom. The largest absolute Gasteiger partial charge is 1.00 e. The van der Waals surface area contributed by atoms with E-state index < -0.39 is 14.5 Å². The van der Waals surface area contributed by atoms with Crippen molar-refractivity contribution in [3.63, 3.8) is 0 Å². The van der Waals surface area contributed by atoms with Crippen molar-refractivity contribution in [2.45, 2.75) is 73.1 Å². The summed E-state index contributed by atoms with van der Waals surface area (Å²) in [6.07, 6.45) is 5.25. The van der Waals surface area contributed by atoms with Crippen molar-refractivity contribution in [1.29, 1.82) is 0 Å². The first-order chi connectivity index (χ1) is 29.6. The van der Waals surface area contributed by atoms with Crippen molar-refractivity contribution in [3.05, 3.63) is 250 Å². The fourth-order valence-electron chi connectivity index (χ4n) is 8.90. The molecule has 0 N–H and O–H groups in total. The lowest BCUT2D eigenvalue weighted by atomic mass is 10.0. The van der Waals surface area contributed by atoms with Crippen molar-refractivity contribution in [2.24, 2.45) is 0 Å². The van der Waals surface area contributed by atoms with Crippen LogP contribution in [0.25, 0.3) is 0 Å². The van der Waals surface area contributed by atoms with Crippen LogP contribution in [0.15, 0.2) is 194 Å². The molecule has 0 spiro atoms. The molecule has 63 heavy (non-hydrogen) atoms. The number of halogens is 2. The van der Waals surface area contributed by atoms with Crippen LogP contribution in [0, 0.1) is 41.5 Å². The third-order valence-corrected chi connectivity index (χ3v) is 21.4. The van der Waals surface area contributed by atoms with Crippen LogP contribution in [0.4, 0.5) is 0 Å². The average Bonchev–Trinajstić information content (AvgIpc) is 3.28. The molecule has 0 bridgehead atoms. The molecule has 320 valence electrons. The molecule has 8 aromatic carbocycles. The Kier molecular flexibility index (Phi) is 16.4. The number of aryl methyl sites for hydroxylation is 8. The topological polar surface area (TPSA) is 0 Å². The predicted molar refractivity (Wildman–Crippen MR) is 271 cm³/mol. The van der Waals surface area contributed by atoms with Gasteiger partial charge in [-0.3, -0.25) is 0 Å². The fourth-order valence-corrected chi connectivity index (χ4v) is 17.3. The van der Waals surface area contributed by atoms with Gasteiger partial charge in [0.1, 0.15) is 46.4 Å². The minimum atomic E-state index is -1.99. The third-order valence-electron chi connectivity index (χ3n) is 12.7. The maximum Gasteiger partial charge on any atom is 0.116 e. The molecule has 0 aliphatic heterocycles. The molecule has 0 saturated carbocycles. The van der Waals surface area contributed by atoms with E-state index in [0.717, 1.165) is 31.6 Å². The van der Waals surface area contributed by atoms with Crippen molar-refractivity contribution in [3.8, 4) is 0 Å². The van der Waals surface area contributed by atoms with Crippen LogP contribution in [0.3, 0.4) is 0 Å². The predicted octanol–water partition coefficient (Wildman–Crippen LogP) is 6.71. The Balaban J connectivity index is 0.00000330. The van der Waals surface area contributed by atoms with Crippen molar-refractivity contribution in [2.75, 3.05) is 0 Å². The standard InChI is InChI=1S/C59H60P2.2BrH/c1-44-10-30-54(31-11-44)60(55-32-12-45(2)13-33-55,56-34-14-46(3)15-35-56)42-52-26-22-50(23-27-52)8-7-9-51-24-28-53(29-25-51)43-61(57-36-16-47(4)17-37-57,58-38-18-48(5)19-39-58)59-40-20-49(6)21-41-59;;/h10-41H,7-9,42-43H2,1-6H3;2*1H/q+2;;/p-2. The Morgan fingerprint density at radius 2 is 0.413 bits per heavy atom. The highest BCUT2D eigenvalue weighted by Gasteiger charge is 2.47. The monoisotopic (exact) mass is 988 g/mol. The number of benzene rings is 8. The van der Waals surface area contributed by atoms with Gasteiger partial charge in [0, 0.05) is 0 Å². The Labute approximate surface area is 400 Å². The zero-order valence-corrected chi connectivity index (χ0v) is 42.6. The molecule has 0 amide bonds. The van der Waals surface area contributed by atoms with E-state index in [2.05, 4.69) is 236 Å². The second-order valence-corrected chi connectivity index (χ2v) is 24.4. The quantitative estimate of drug-likeness (QED) is 0.107. The van der Waals surface area contributed by atoms with E-state index in [1.165, 1.54) is 87.5 Å². The number of hydrogen-bond acceptors (Lipinski definition) is 0. The summed E-state index contributed by atoms with van der Waals surface area (Å²) in [5, 5.41) is 8.63. The molecule has 0 heterocycles. The van der Waals surface area contributed by atoms with Crippen LogP contribution in [0.1, 0.15) is 62.1 Å². The molecule has 8 rings (SSSR count). The van der Waals surface area contributed by atoms with E-state index in [1.54, 1.807) is 0 Å². The lowest BCUT2D eigenvalue weighted by molar-refractivity contribution is -0.001000. The molecule has 0 radical (unpaired) electrons. The van der Waals surface area contributed by atoms with Crippen molar-refractivity contribution >= 4 is 46.4 Å². The van der Waals surface area contributed by atoms with E-state index in [1.807, 2.05) is 0 Å². The van der Waals surface area contributed by atoms with Crippen molar-refractivity contribution in [1.82, 2.24) is 0 Å². The molecular weight excluding hydrogens is 930 g/mol. The first-order valence-corrected chi connectivity index (χ1v) is 25.9. The fraction of sp³-hybridized carbons (Fsp3) is 0.186. The lowest BCUT2D eigenvalue weighted by Crippen LogP contribution is -3.00. The summed E-state index contributed by atoms with van der Waals surface area (Å²) in [5.74, 6) is 0. The minimum Gasteiger partial charge on any atom is -1.00 e. The van der Waals surface area contributed by atoms with Crippen LogP contribution in [0.2, 0.25) is 0 Å². The average molecular weight is 991 g/mol. The highest BCUT2D eigenvalue weighted by molar-refractivity contribution is 7.95. The molecule has 0 unspecified atom stereocenters. The van der Waals surface area contributed by atoms with Crippen LogP contribution < -0.4 is 65.8 Å². The SMILES string of the molecule is Cc1ccc([P+](Cc2ccc(CCCc3ccc(C[P+](c4ccc(C)cc4)(c4ccc(C)cc4)c4ccc(C)cc4)cc3)cc2)(c2ccc(C)cc2)c2ccc(C)cc2)cc1.[Br-].[Br-]. The zero-order valence-electron chi connectivity index (χ0n) is 37.7. The maximum absolute atomic E-state index is 2.40. The zero-order chi connectivity index (χ0) is 42.4. The summed E-state index contributed by atoms with van der Waals surface area (Å²) < 4.78 is 0. The van der Waals surface area contributed by atoms with Gasteiger partial charge >= 0.3 is 0 Å². The molecule has 0 atom stereocenters. The third kappa shape index (κ3) is 10.9. The number of hydrogen-bond donors (Lipinski definition) is 0. The minimum absolute atomic E-state index is 0. The summed E-state index contributed by atoms with van der Waals surface area (Å²) in [6.45, 7) is 13.1. The first kappa shape index (κ1) is 48.0. The molecule has 0 aliphatic rings. The van der Waals surface area contributed by atoms with E-state index >= 15 is 0 Å².